The van der Waals surface area contributed by atoms with Crippen LogP contribution < -0.4 is 0 Å². The van der Waals surface area contributed by atoms with E-state index >= 15 is 0 Å². The van der Waals surface area contributed by atoms with Gasteiger partial charge in [0.05, 0.1) is 0 Å². The highest BCUT2D eigenvalue weighted by Gasteiger charge is 2.43. The largest absolute Gasteiger partial charge is 0.481 e. The molecule has 0 amide bonds. The van der Waals surface area contributed by atoms with E-state index in [0.717, 1.165) is 19.4 Å². The molecule has 0 saturated heterocycles. The minimum absolute atomic E-state index is 0.239. The molecule has 2 aliphatic rings. The summed E-state index contributed by atoms with van der Waals surface area (Å²) in [6.45, 7) is 3.34. The lowest BCUT2D eigenvalue weighted by molar-refractivity contribution is -0.577. The van der Waals surface area contributed by atoms with E-state index in [2.05, 4.69) is 40.7 Å². The average Bonchev–Trinajstić information content (AvgIpc) is 2.99. The Morgan fingerprint density at radius 1 is 1.33 bits per heavy atom. The van der Waals surface area contributed by atoms with Crippen LogP contribution in [0.15, 0.2) is 24.3 Å². The van der Waals surface area contributed by atoms with Crippen LogP contribution in [0.1, 0.15) is 62.6 Å². The summed E-state index contributed by atoms with van der Waals surface area (Å²) in [6, 6.07) is 8.90. The second-order valence-corrected chi connectivity index (χ2v) is 7.07. The number of nitrogens with zero attached hydrogens (tertiary/aromatic N) is 1. The van der Waals surface area contributed by atoms with Crippen LogP contribution in [0, 0.1) is 0 Å². The van der Waals surface area contributed by atoms with E-state index in [-0.39, 0.29) is 6.42 Å². The molecule has 2 N–H and O–H groups in total. The highest BCUT2D eigenvalue weighted by Crippen LogP contribution is 2.41. The zero-order chi connectivity index (χ0) is 16.7. The lowest BCUT2D eigenvalue weighted by atomic mass is 9.79. The van der Waals surface area contributed by atoms with Gasteiger partial charge in [-0.15, -0.1) is 0 Å². The number of rotatable bonds is 4. The Morgan fingerprint density at radius 3 is 2.96 bits per heavy atom. The number of aliphatic carboxylic acids is 1. The monoisotopic (exact) mass is 325 g/mol. The number of aromatic amines is 1. The predicted octanol–water partition coefficient (Wildman–Crippen LogP) is 3.89. The molecule has 2 atom stereocenters. The third-order valence-corrected chi connectivity index (χ3v) is 5.77. The standard InChI is InChI=1S/C20H24N2O2/c1-2-16-14(10-11-18(23)24)19-13-7-3-4-8-15(13)21-20(19)17-9-5-6-12-22(16)17/h3-4,7-8,14,16H,2,5-6,9-12H2,1H3,(H,23,24)/p+1. The molecule has 0 aliphatic carbocycles. The number of carbonyl (C=O) groups is 1. The van der Waals surface area contributed by atoms with E-state index in [4.69, 9.17) is 0 Å². The van der Waals surface area contributed by atoms with Crippen LogP contribution in [0.4, 0.5) is 0 Å². The van der Waals surface area contributed by atoms with E-state index in [1.165, 1.54) is 40.7 Å². The molecule has 4 heteroatoms. The molecule has 0 spiro atoms. The van der Waals surface area contributed by atoms with Crippen molar-refractivity contribution >= 4 is 22.6 Å². The van der Waals surface area contributed by atoms with Gasteiger partial charge >= 0.3 is 5.97 Å². The molecule has 0 radical (unpaired) electrons. The van der Waals surface area contributed by atoms with Gasteiger partial charge in [-0.25, -0.2) is 4.58 Å². The van der Waals surface area contributed by atoms with Crippen molar-refractivity contribution in [2.24, 2.45) is 0 Å². The first-order chi connectivity index (χ1) is 11.7. The Bertz CT molecular complexity index is 818. The van der Waals surface area contributed by atoms with Gasteiger partial charge in [-0.1, -0.05) is 25.1 Å². The van der Waals surface area contributed by atoms with Crippen molar-refractivity contribution in [1.29, 1.82) is 0 Å². The maximum atomic E-state index is 11.2. The number of carboxylic acids is 1. The van der Waals surface area contributed by atoms with E-state index in [1.54, 1.807) is 0 Å². The van der Waals surface area contributed by atoms with Crippen molar-refractivity contribution in [3.8, 4) is 0 Å². The van der Waals surface area contributed by atoms with Gasteiger partial charge in [0.15, 0.2) is 11.8 Å². The number of nitrogens with one attached hydrogen (secondary N) is 1. The number of hydrogen-bond donors (Lipinski definition) is 2. The second-order valence-electron chi connectivity index (χ2n) is 7.07. The van der Waals surface area contributed by atoms with Gasteiger partial charge in [0.2, 0.25) is 0 Å². The Morgan fingerprint density at radius 2 is 2.17 bits per heavy atom. The quantitative estimate of drug-likeness (QED) is 0.838. The fourth-order valence-electron chi connectivity index (χ4n) is 4.79. The first kappa shape index (κ1) is 15.4. The van der Waals surface area contributed by atoms with E-state index < -0.39 is 5.97 Å². The second kappa shape index (κ2) is 6.08. The number of benzene rings is 1. The fraction of sp³-hybridized carbons (Fsp3) is 0.500. The van der Waals surface area contributed by atoms with Crippen LogP contribution in [-0.2, 0) is 4.79 Å². The molecule has 3 heterocycles. The van der Waals surface area contributed by atoms with Crippen LogP contribution in [-0.4, -0.2) is 38.9 Å². The van der Waals surface area contributed by atoms with Gasteiger partial charge in [-0.3, -0.25) is 4.79 Å². The molecule has 2 aromatic rings. The molecule has 2 unspecified atom stereocenters. The predicted molar refractivity (Wildman–Crippen MR) is 95.1 cm³/mol. The van der Waals surface area contributed by atoms with Crippen molar-refractivity contribution in [2.45, 2.75) is 57.4 Å². The summed E-state index contributed by atoms with van der Waals surface area (Å²) in [5.74, 6) is -0.404. The van der Waals surface area contributed by atoms with Gasteiger partial charge in [0.1, 0.15) is 12.2 Å². The summed E-state index contributed by atoms with van der Waals surface area (Å²) in [7, 11) is 0. The molecule has 2 aliphatic heterocycles. The molecular formula is C20H25N2O2+. The minimum Gasteiger partial charge on any atom is -0.481 e. The van der Waals surface area contributed by atoms with E-state index in [0.29, 0.717) is 18.4 Å². The fourth-order valence-corrected chi connectivity index (χ4v) is 4.79. The molecule has 126 valence electrons. The number of aromatic nitrogens is 1. The molecule has 24 heavy (non-hydrogen) atoms. The minimum atomic E-state index is -0.695. The first-order valence-corrected chi connectivity index (χ1v) is 9.16. The van der Waals surface area contributed by atoms with Crippen molar-refractivity contribution in [2.75, 3.05) is 6.54 Å². The van der Waals surface area contributed by atoms with Crippen molar-refractivity contribution in [3.05, 3.63) is 35.5 Å². The van der Waals surface area contributed by atoms with Gasteiger partial charge in [0.25, 0.3) is 0 Å². The Hall–Kier alpha value is -2.10. The molecule has 1 aromatic carbocycles. The summed E-state index contributed by atoms with van der Waals surface area (Å²) in [5, 5.41) is 10.5. The molecule has 0 saturated carbocycles. The molecular weight excluding hydrogens is 300 g/mol. The normalized spacial score (nSPS) is 23.2. The highest BCUT2D eigenvalue weighted by atomic mass is 16.4. The zero-order valence-corrected chi connectivity index (χ0v) is 14.2. The Balaban J connectivity index is 1.91. The molecule has 4 nitrogen and oxygen atoms in total. The zero-order valence-electron chi connectivity index (χ0n) is 14.2. The number of para-hydroxylation sites is 1. The van der Waals surface area contributed by atoms with Gasteiger partial charge in [-0.05, 0) is 18.9 Å². The lowest BCUT2D eigenvalue weighted by Gasteiger charge is -2.32. The smallest absolute Gasteiger partial charge is 0.303 e. The molecule has 0 bridgehead atoms. The van der Waals surface area contributed by atoms with Crippen LogP contribution >= 0.6 is 0 Å². The number of hydrogen-bond acceptors (Lipinski definition) is 1. The summed E-state index contributed by atoms with van der Waals surface area (Å²) in [6.07, 6.45) is 5.63. The van der Waals surface area contributed by atoms with Crippen LogP contribution in [0.2, 0.25) is 0 Å². The summed E-state index contributed by atoms with van der Waals surface area (Å²) >= 11 is 0. The van der Waals surface area contributed by atoms with Crippen LogP contribution in [0.3, 0.4) is 0 Å². The topological polar surface area (TPSA) is 56.1 Å². The summed E-state index contributed by atoms with van der Waals surface area (Å²) < 4.78 is 2.58. The maximum Gasteiger partial charge on any atom is 0.303 e. The molecule has 0 fully saturated rings. The highest BCUT2D eigenvalue weighted by molar-refractivity contribution is 6.04. The number of fused-ring (bicyclic) bond motifs is 4. The first-order valence-electron chi connectivity index (χ1n) is 9.16. The van der Waals surface area contributed by atoms with Crippen molar-refractivity contribution < 1.29 is 14.5 Å². The maximum absolute atomic E-state index is 11.2. The van der Waals surface area contributed by atoms with Gasteiger partial charge < -0.3 is 10.1 Å². The van der Waals surface area contributed by atoms with Crippen molar-refractivity contribution in [3.63, 3.8) is 0 Å². The Labute approximate surface area is 142 Å². The van der Waals surface area contributed by atoms with Crippen LogP contribution in [0.25, 0.3) is 10.9 Å². The van der Waals surface area contributed by atoms with Crippen molar-refractivity contribution in [1.82, 2.24) is 4.98 Å². The van der Waals surface area contributed by atoms with Gasteiger partial charge in [-0.2, -0.15) is 0 Å². The Kier molecular flexibility index (Phi) is 3.91. The molecule has 4 rings (SSSR count). The number of carboxylic acid groups (broad SMARTS) is 1. The lowest BCUT2D eigenvalue weighted by Crippen LogP contribution is -2.43. The number of H-pyrrole nitrogens is 1. The molecule has 1 aromatic heterocycles. The van der Waals surface area contributed by atoms with Crippen LogP contribution in [0.5, 0.6) is 0 Å². The third-order valence-electron chi connectivity index (χ3n) is 5.77. The summed E-state index contributed by atoms with van der Waals surface area (Å²) in [5.41, 5.74) is 5.27. The SMILES string of the molecule is CCC1C(CCC(=O)O)c2c([nH]c3ccccc23)C2=[N+]1CCCC2. The van der Waals surface area contributed by atoms with E-state index in [9.17, 15) is 9.90 Å². The average molecular weight is 325 g/mol. The summed E-state index contributed by atoms with van der Waals surface area (Å²) in [4.78, 5) is 14.9. The van der Waals surface area contributed by atoms with E-state index in [1.807, 2.05) is 0 Å². The van der Waals surface area contributed by atoms with Gasteiger partial charge in [0, 0.05) is 48.1 Å². The third kappa shape index (κ3) is 2.36.